The number of benzene rings is 1. The van der Waals surface area contributed by atoms with Crippen molar-refractivity contribution in [1.29, 1.82) is 10.5 Å². The van der Waals surface area contributed by atoms with Gasteiger partial charge in [0.1, 0.15) is 0 Å². The number of hydrogen-bond donors (Lipinski definition) is 0. The van der Waals surface area contributed by atoms with E-state index in [2.05, 4.69) is 17.0 Å². The second-order valence-electron chi connectivity index (χ2n) is 4.08. The Labute approximate surface area is 95.5 Å². The Morgan fingerprint density at radius 2 is 2.19 bits per heavy atom. The highest BCUT2D eigenvalue weighted by Gasteiger charge is 2.19. The molecule has 0 aromatic heterocycles. The number of rotatable bonds is 1. The summed E-state index contributed by atoms with van der Waals surface area (Å²) in [5.41, 5.74) is 1.73. The van der Waals surface area contributed by atoms with Crippen molar-refractivity contribution in [3.63, 3.8) is 0 Å². The molecule has 0 N–H and O–H groups in total. The van der Waals surface area contributed by atoms with Gasteiger partial charge in [0, 0.05) is 18.8 Å². The van der Waals surface area contributed by atoms with Crippen LogP contribution in [0.1, 0.15) is 18.4 Å². The van der Waals surface area contributed by atoms with Crippen LogP contribution in [0.4, 0.5) is 5.69 Å². The lowest BCUT2D eigenvalue weighted by Gasteiger charge is -2.31. The number of piperidine rings is 1. The van der Waals surface area contributed by atoms with Gasteiger partial charge >= 0.3 is 0 Å². The van der Waals surface area contributed by atoms with E-state index in [1.54, 1.807) is 6.07 Å². The molecule has 1 aliphatic rings. The monoisotopic (exact) mass is 211 g/mol. The van der Waals surface area contributed by atoms with E-state index in [0.29, 0.717) is 5.56 Å². The Kier molecular flexibility index (Phi) is 3.08. The predicted octanol–water partition coefficient (Wildman–Crippen LogP) is 2.30. The minimum Gasteiger partial charge on any atom is -0.370 e. The average Bonchev–Trinajstić information content (AvgIpc) is 2.39. The van der Waals surface area contributed by atoms with Gasteiger partial charge in [0.2, 0.25) is 0 Å². The molecule has 1 aromatic carbocycles. The molecule has 1 unspecified atom stereocenters. The molecule has 0 radical (unpaired) electrons. The molecule has 1 atom stereocenters. The van der Waals surface area contributed by atoms with E-state index in [9.17, 15) is 0 Å². The Morgan fingerprint density at radius 1 is 1.31 bits per heavy atom. The average molecular weight is 211 g/mol. The largest absolute Gasteiger partial charge is 0.370 e. The first-order valence-electron chi connectivity index (χ1n) is 5.48. The van der Waals surface area contributed by atoms with Gasteiger partial charge in [0.05, 0.1) is 23.6 Å². The Morgan fingerprint density at radius 3 is 2.94 bits per heavy atom. The van der Waals surface area contributed by atoms with Gasteiger partial charge in [-0.15, -0.1) is 0 Å². The second kappa shape index (κ2) is 4.68. The zero-order chi connectivity index (χ0) is 11.4. The highest BCUT2D eigenvalue weighted by molar-refractivity contribution is 5.51. The van der Waals surface area contributed by atoms with Crippen LogP contribution in [0.25, 0.3) is 0 Å². The molecule has 1 fully saturated rings. The number of hydrogen-bond acceptors (Lipinski definition) is 3. The normalized spacial score (nSPS) is 19.9. The Bertz CT molecular complexity index is 453. The number of anilines is 1. The van der Waals surface area contributed by atoms with Crippen LogP contribution in [-0.4, -0.2) is 13.1 Å². The van der Waals surface area contributed by atoms with Gasteiger partial charge in [-0.05, 0) is 31.0 Å². The van der Waals surface area contributed by atoms with Crippen molar-refractivity contribution in [2.75, 3.05) is 18.0 Å². The van der Waals surface area contributed by atoms with Gasteiger partial charge < -0.3 is 4.90 Å². The molecule has 3 nitrogen and oxygen atoms in total. The minimum absolute atomic E-state index is 0.125. The molecule has 0 aliphatic carbocycles. The van der Waals surface area contributed by atoms with Crippen molar-refractivity contribution >= 4 is 5.69 Å². The number of nitriles is 2. The molecule has 1 heterocycles. The van der Waals surface area contributed by atoms with E-state index < -0.39 is 0 Å². The highest BCUT2D eigenvalue weighted by atomic mass is 15.1. The fourth-order valence-electron chi connectivity index (χ4n) is 2.09. The van der Waals surface area contributed by atoms with Crippen molar-refractivity contribution in [1.82, 2.24) is 0 Å². The summed E-state index contributed by atoms with van der Waals surface area (Å²) in [5, 5.41) is 17.8. The molecular formula is C13H13N3. The third-order valence-electron chi connectivity index (χ3n) is 2.94. The third kappa shape index (κ3) is 2.15. The van der Waals surface area contributed by atoms with Gasteiger partial charge in [-0.3, -0.25) is 0 Å². The fraction of sp³-hybridized carbons (Fsp3) is 0.385. The van der Waals surface area contributed by atoms with E-state index in [4.69, 9.17) is 10.5 Å². The fourth-order valence-corrected chi connectivity index (χ4v) is 2.09. The zero-order valence-corrected chi connectivity index (χ0v) is 9.06. The molecule has 1 aliphatic heterocycles. The zero-order valence-electron chi connectivity index (χ0n) is 9.06. The summed E-state index contributed by atoms with van der Waals surface area (Å²) in [6, 6.07) is 12.0. The van der Waals surface area contributed by atoms with Crippen LogP contribution in [0.2, 0.25) is 0 Å². The van der Waals surface area contributed by atoms with Gasteiger partial charge in [0.25, 0.3) is 0 Å². The van der Waals surface area contributed by atoms with Crippen molar-refractivity contribution in [3.05, 3.63) is 29.8 Å². The van der Waals surface area contributed by atoms with E-state index >= 15 is 0 Å². The van der Waals surface area contributed by atoms with Crippen molar-refractivity contribution in [2.45, 2.75) is 12.8 Å². The molecule has 0 spiro atoms. The molecule has 0 saturated carbocycles. The Balaban J connectivity index is 2.18. The molecule has 1 saturated heterocycles. The van der Waals surface area contributed by atoms with Crippen molar-refractivity contribution in [3.8, 4) is 12.1 Å². The molecule has 80 valence electrons. The molecule has 2 rings (SSSR count). The van der Waals surface area contributed by atoms with Gasteiger partial charge in [-0.25, -0.2) is 0 Å². The maximum absolute atomic E-state index is 8.93. The van der Waals surface area contributed by atoms with Crippen molar-refractivity contribution in [2.24, 2.45) is 5.92 Å². The van der Waals surface area contributed by atoms with Crippen LogP contribution in [0.15, 0.2) is 24.3 Å². The van der Waals surface area contributed by atoms with Crippen LogP contribution < -0.4 is 4.90 Å². The van der Waals surface area contributed by atoms with Crippen LogP contribution in [-0.2, 0) is 0 Å². The first kappa shape index (κ1) is 10.5. The van der Waals surface area contributed by atoms with Gasteiger partial charge in [-0.1, -0.05) is 6.07 Å². The number of nitrogens with zero attached hydrogens (tertiary/aromatic N) is 3. The molecular weight excluding hydrogens is 198 g/mol. The smallest absolute Gasteiger partial charge is 0.0992 e. The van der Waals surface area contributed by atoms with Crippen LogP contribution in [0.3, 0.4) is 0 Å². The van der Waals surface area contributed by atoms with Crippen LogP contribution >= 0.6 is 0 Å². The summed E-state index contributed by atoms with van der Waals surface area (Å²) in [6.45, 7) is 1.76. The van der Waals surface area contributed by atoms with E-state index in [-0.39, 0.29) is 5.92 Å². The Hall–Kier alpha value is -2.00. The van der Waals surface area contributed by atoms with Gasteiger partial charge in [0.15, 0.2) is 0 Å². The van der Waals surface area contributed by atoms with E-state index in [0.717, 1.165) is 31.6 Å². The lowest BCUT2D eigenvalue weighted by Crippen LogP contribution is -2.34. The summed E-state index contributed by atoms with van der Waals surface area (Å²) in [4.78, 5) is 2.19. The van der Waals surface area contributed by atoms with Crippen LogP contribution in [0, 0.1) is 28.6 Å². The van der Waals surface area contributed by atoms with Gasteiger partial charge in [-0.2, -0.15) is 10.5 Å². The van der Waals surface area contributed by atoms with E-state index in [1.807, 2.05) is 18.2 Å². The summed E-state index contributed by atoms with van der Waals surface area (Å²) in [6.07, 6.45) is 2.04. The molecule has 1 aromatic rings. The first-order chi connectivity index (χ1) is 7.83. The summed E-state index contributed by atoms with van der Waals surface area (Å²) >= 11 is 0. The second-order valence-corrected chi connectivity index (χ2v) is 4.08. The molecule has 3 heteroatoms. The predicted molar refractivity (Wildman–Crippen MR) is 61.7 cm³/mol. The van der Waals surface area contributed by atoms with Crippen LogP contribution in [0.5, 0.6) is 0 Å². The topological polar surface area (TPSA) is 50.8 Å². The third-order valence-corrected chi connectivity index (χ3v) is 2.94. The first-order valence-corrected chi connectivity index (χ1v) is 5.48. The quantitative estimate of drug-likeness (QED) is 0.716. The van der Waals surface area contributed by atoms with Crippen molar-refractivity contribution < 1.29 is 0 Å². The molecule has 0 amide bonds. The minimum atomic E-state index is 0.125. The molecule has 0 bridgehead atoms. The van der Waals surface area contributed by atoms with E-state index in [1.165, 1.54) is 0 Å². The summed E-state index contributed by atoms with van der Waals surface area (Å²) in [7, 11) is 0. The summed E-state index contributed by atoms with van der Waals surface area (Å²) in [5.74, 6) is 0.125. The lowest BCUT2D eigenvalue weighted by molar-refractivity contribution is 0.493. The maximum Gasteiger partial charge on any atom is 0.0992 e. The highest BCUT2D eigenvalue weighted by Crippen LogP contribution is 2.23. The summed E-state index contributed by atoms with van der Waals surface area (Å²) < 4.78 is 0. The SMILES string of the molecule is N#Cc1cccc(N2CCCC(C#N)C2)c1. The molecule has 16 heavy (non-hydrogen) atoms. The lowest BCUT2D eigenvalue weighted by atomic mass is 9.99. The maximum atomic E-state index is 8.93. The standard InChI is InChI=1S/C13H13N3/c14-8-11-3-1-5-13(7-11)16-6-2-4-12(9-15)10-16/h1,3,5,7,12H,2,4,6,10H2.